The molecule has 0 aliphatic heterocycles. The Labute approximate surface area is 156 Å². The van der Waals surface area contributed by atoms with Crippen LogP contribution in [0.1, 0.15) is 52.4 Å². The average molecular weight is 383 g/mol. The molecule has 1 unspecified atom stereocenters. The van der Waals surface area contributed by atoms with Crippen LogP contribution in [0, 0.1) is 5.92 Å². The number of ether oxygens (including phenoxy) is 1. The minimum Gasteiger partial charge on any atom is -0.497 e. The van der Waals surface area contributed by atoms with Crippen LogP contribution in [0.4, 0.5) is 0 Å². The third-order valence-corrected chi connectivity index (χ3v) is 6.26. The number of carbonyl (C=O) groups excluding carboxylic acids is 1. The Bertz CT molecular complexity index is 678. The highest BCUT2D eigenvalue weighted by Crippen LogP contribution is 2.19. The monoisotopic (exact) mass is 382 g/mol. The minimum atomic E-state index is -3.79. The van der Waals surface area contributed by atoms with Crippen molar-refractivity contribution < 1.29 is 17.9 Å². The normalized spacial score (nSPS) is 17.5. The fraction of sp³-hybridized carbons (Fsp3) is 0.632. The summed E-state index contributed by atoms with van der Waals surface area (Å²) in [4.78, 5) is 12.8. The average Bonchev–Trinajstić information content (AvgIpc) is 2.88. The predicted molar refractivity (Wildman–Crippen MR) is 102 cm³/mol. The van der Waals surface area contributed by atoms with Gasteiger partial charge < -0.3 is 10.1 Å². The highest BCUT2D eigenvalue weighted by atomic mass is 32.2. The second kappa shape index (κ2) is 9.37. The van der Waals surface area contributed by atoms with E-state index in [2.05, 4.69) is 10.0 Å². The maximum absolute atomic E-state index is 12.7. The van der Waals surface area contributed by atoms with Crippen molar-refractivity contribution in [3.63, 3.8) is 0 Å². The molecule has 146 valence electrons. The van der Waals surface area contributed by atoms with Gasteiger partial charge in [0.2, 0.25) is 15.9 Å². The Morgan fingerprint density at radius 3 is 2.15 bits per heavy atom. The quantitative estimate of drug-likeness (QED) is 0.710. The van der Waals surface area contributed by atoms with Crippen LogP contribution in [0.5, 0.6) is 5.75 Å². The first-order valence-electron chi connectivity index (χ1n) is 9.30. The molecule has 1 fully saturated rings. The zero-order valence-corrected chi connectivity index (χ0v) is 16.6. The van der Waals surface area contributed by atoms with E-state index in [0.29, 0.717) is 5.75 Å². The van der Waals surface area contributed by atoms with Gasteiger partial charge in [-0.05, 0) is 43.0 Å². The number of hydrogen-bond donors (Lipinski definition) is 2. The molecule has 1 saturated carbocycles. The molecule has 7 heteroatoms. The molecule has 26 heavy (non-hydrogen) atoms. The maximum Gasteiger partial charge on any atom is 0.241 e. The molecule has 0 heterocycles. The molecule has 0 spiro atoms. The van der Waals surface area contributed by atoms with E-state index >= 15 is 0 Å². The largest absolute Gasteiger partial charge is 0.497 e. The number of sulfonamides is 1. The second-order valence-corrected chi connectivity index (χ2v) is 8.93. The summed E-state index contributed by atoms with van der Waals surface area (Å²) < 4.78 is 33.0. The number of hydrogen-bond acceptors (Lipinski definition) is 4. The smallest absolute Gasteiger partial charge is 0.241 e. The standard InChI is InChI=1S/C19H30N2O4S/c1-14(2)18(19(22)20-15-8-6-4-5-7-9-15)21-26(23,24)17-12-10-16(25-3)11-13-17/h10-15,18,21H,4-9H2,1-3H3,(H,20,22). The van der Waals surface area contributed by atoms with Crippen molar-refractivity contribution in [1.82, 2.24) is 10.0 Å². The molecule has 0 radical (unpaired) electrons. The van der Waals surface area contributed by atoms with Crippen molar-refractivity contribution in [2.45, 2.75) is 69.4 Å². The fourth-order valence-electron chi connectivity index (χ4n) is 3.20. The van der Waals surface area contributed by atoms with E-state index in [4.69, 9.17) is 4.74 Å². The molecule has 1 aromatic carbocycles. The summed E-state index contributed by atoms with van der Waals surface area (Å²) in [6.07, 6.45) is 6.53. The molecule has 1 aliphatic rings. The van der Waals surface area contributed by atoms with E-state index in [0.717, 1.165) is 25.7 Å². The minimum absolute atomic E-state index is 0.117. The Hall–Kier alpha value is -1.60. The zero-order chi connectivity index (χ0) is 19.2. The highest BCUT2D eigenvalue weighted by Gasteiger charge is 2.29. The van der Waals surface area contributed by atoms with Gasteiger partial charge in [-0.1, -0.05) is 39.5 Å². The van der Waals surface area contributed by atoms with Crippen molar-refractivity contribution >= 4 is 15.9 Å². The van der Waals surface area contributed by atoms with Gasteiger partial charge in [-0.2, -0.15) is 4.72 Å². The van der Waals surface area contributed by atoms with Gasteiger partial charge in [0.25, 0.3) is 0 Å². The molecule has 0 saturated heterocycles. The molecule has 1 atom stereocenters. The first-order valence-corrected chi connectivity index (χ1v) is 10.8. The lowest BCUT2D eigenvalue weighted by Gasteiger charge is -2.25. The number of benzene rings is 1. The van der Waals surface area contributed by atoms with Gasteiger partial charge in [-0.3, -0.25) is 4.79 Å². The second-order valence-electron chi connectivity index (χ2n) is 7.22. The van der Waals surface area contributed by atoms with Crippen LogP contribution in [0.15, 0.2) is 29.2 Å². The highest BCUT2D eigenvalue weighted by molar-refractivity contribution is 7.89. The zero-order valence-electron chi connectivity index (χ0n) is 15.8. The number of carbonyl (C=O) groups is 1. The molecular formula is C19H30N2O4S. The van der Waals surface area contributed by atoms with E-state index in [1.165, 1.54) is 32.1 Å². The van der Waals surface area contributed by atoms with E-state index in [-0.39, 0.29) is 22.8 Å². The summed E-state index contributed by atoms with van der Waals surface area (Å²) in [6, 6.07) is 5.46. The summed E-state index contributed by atoms with van der Waals surface area (Å²) in [5.41, 5.74) is 0. The van der Waals surface area contributed by atoms with E-state index in [1.54, 1.807) is 12.1 Å². The molecule has 2 rings (SSSR count). The first kappa shape index (κ1) is 20.7. The molecule has 1 aliphatic carbocycles. The van der Waals surface area contributed by atoms with Crippen LogP contribution in [-0.2, 0) is 14.8 Å². The van der Waals surface area contributed by atoms with Crippen LogP contribution >= 0.6 is 0 Å². The molecule has 2 N–H and O–H groups in total. The third-order valence-electron chi connectivity index (χ3n) is 4.80. The van der Waals surface area contributed by atoms with Crippen molar-refractivity contribution in [1.29, 1.82) is 0 Å². The van der Waals surface area contributed by atoms with E-state index in [9.17, 15) is 13.2 Å². The van der Waals surface area contributed by atoms with Crippen LogP contribution in [-0.4, -0.2) is 33.5 Å². The molecule has 0 bridgehead atoms. The van der Waals surface area contributed by atoms with Crippen molar-refractivity contribution in [3.05, 3.63) is 24.3 Å². The summed E-state index contributed by atoms with van der Waals surface area (Å²) in [6.45, 7) is 3.68. The number of amides is 1. The summed E-state index contributed by atoms with van der Waals surface area (Å²) >= 11 is 0. The first-order chi connectivity index (χ1) is 12.3. The van der Waals surface area contributed by atoms with Gasteiger partial charge in [-0.25, -0.2) is 8.42 Å². The Kier molecular flexibility index (Phi) is 7.46. The van der Waals surface area contributed by atoms with Crippen LogP contribution in [0.25, 0.3) is 0 Å². The number of nitrogens with one attached hydrogen (secondary N) is 2. The lowest BCUT2D eigenvalue weighted by molar-refractivity contribution is -0.124. The molecule has 1 amide bonds. The van der Waals surface area contributed by atoms with Crippen LogP contribution in [0.2, 0.25) is 0 Å². The number of methoxy groups -OCH3 is 1. The Morgan fingerprint density at radius 2 is 1.65 bits per heavy atom. The molecule has 1 aromatic rings. The fourth-order valence-corrected chi connectivity index (χ4v) is 4.54. The van der Waals surface area contributed by atoms with E-state index < -0.39 is 16.1 Å². The van der Waals surface area contributed by atoms with Gasteiger partial charge >= 0.3 is 0 Å². The van der Waals surface area contributed by atoms with Gasteiger partial charge in [0.1, 0.15) is 11.8 Å². The van der Waals surface area contributed by atoms with Gasteiger partial charge in [0.05, 0.1) is 12.0 Å². The number of rotatable bonds is 7. The Morgan fingerprint density at radius 1 is 1.08 bits per heavy atom. The summed E-state index contributed by atoms with van der Waals surface area (Å²) in [7, 11) is -2.27. The van der Waals surface area contributed by atoms with Crippen molar-refractivity contribution in [2.24, 2.45) is 5.92 Å². The molecule has 0 aromatic heterocycles. The maximum atomic E-state index is 12.7. The summed E-state index contributed by atoms with van der Waals surface area (Å²) in [5, 5.41) is 3.05. The lowest BCUT2D eigenvalue weighted by Crippen LogP contribution is -2.51. The predicted octanol–water partition coefficient (Wildman–Crippen LogP) is 2.84. The topological polar surface area (TPSA) is 84.5 Å². The van der Waals surface area contributed by atoms with Gasteiger partial charge in [-0.15, -0.1) is 0 Å². The van der Waals surface area contributed by atoms with Gasteiger partial charge in [0.15, 0.2) is 0 Å². The third kappa shape index (κ3) is 5.71. The SMILES string of the molecule is COc1ccc(S(=O)(=O)NC(C(=O)NC2CCCCCC2)C(C)C)cc1. The van der Waals surface area contributed by atoms with Crippen LogP contribution < -0.4 is 14.8 Å². The van der Waals surface area contributed by atoms with Gasteiger partial charge in [0, 0.05) is 6.04 Å². The van der Waals surface area contributed by atoms with Crippen molar-refractivity contribution in [3.8, 4) is 5.75 Å². The Balaban J connectivity index is 2.08. The molecular weight excluding hydrogens is 352 g/mol. The summed E-state index contributed by atoms with van der Waals surface area (Å²) in [5.74, 6) is 0.174. The van der Waals surface area contributed by atoms with E-state index in [1.807, 2.05) is 13.8 Å². The van der Waals surface area contributed by atoms with Crippen molar-refractivity contribution in [2.75, 3.05) is 7.11 Å². The molecule has 6 nitrogen and oxygen atoms in total. The lowest BCUT2D eigenvalue weighted by atomic mass is 10.0. The van der Waals surface area contributed by atoms with Crippen LogP contribution in [0.3, 0.4) is 0 Å².